The predicted octanol–water partition coefficient (Wildman–Crippen LogP) is 8.26. The highest BCUT2D eigenvalue weighted by atomic mass is 16.7. The lowest BCUT2D eigenvalue weighted by Gasteiger charge is -2.34. The van der Waals surface area contributed by atoms with Crippen molar-refractivity contribution in [1.29, 1.82) is 0 Å². The Morgan fingerprint density at radius 2 is 1.14 bits per heavy atom. The van der Waals surface area contributed by atoms with Crippen LogP contribution in [0.1, 0.15) is 28.7 Å². The van der Waals surface area contributed by atoms with Crippen LogP contribution in [0.5, 0.6) is 11.5 Å². The molecule has 0 bridgehead atoms. The molecule has 4 nitrogen and oxygen atoms in total. The van der Waals surface area contributed by atoms with Crippen LogP contribution in [0, 0.1) is 0 Å². The number of hydrogen-bond donors (Lipinski definition) is 0. The van der Waals surface area contributed by atoms with Crippen LogP contribution < -0.4 is 9.47 Å². The summed E-state index contributed by atoms with van der Waals surface area (Å²) in [5.74, 6) is 1.72. The van der Waals surface area contributed by atoms with Crippen molar-refractivity contribution in [3.8, 4) is 22.6 Å². The Labute approximate surface area is 250 Å². The molecule has 2 atom stereocenters. The minimum atomic E-state index is -0.469. The topological polar surface area (TPSA) is 40.2 Å². The monoisotopic (exact) mass is 562 g/mol. The van der Waals surface area contributed by atoms with Gasteiger partial charge in [-0.1, -0.05) is 84.9 Å². The molecule has 6 aromatic carbocycles. The van der Waals surface area contributed by atoms with Gasteiger partial charge >= 0.3 is 0 Å². The van der Waals surface area contributed by atoms with Crippen LogP contribution in [-0.2, 0) is 14.9 Å². The second-order valence-corrected chi connectivity index (χ2v) is 11.8. The van der Waals surface area contributed by atoms with Gasteiger partial charge in [0.25, 0.3) is 0 Å². The summed E-state index contributed by atoms with van der Waals surface area (Å²) < 4.78 is 22.8. The molecule has 0 aromatic heterocycles. The molecule has 2 fully saturated rings. The first-order valence-electron chi connectivity index (χ1n) is 15.1. The van der Waals surface area contributed by atoms with E-state index in [1.807, 2.05) is 0 Å². The first-order chi connectivity index (χ1) is 21.3. The molecule has 0 saturated carbocycles. The van der Waals surface area contributed by atoms with Crippen LogP contribution >= 0.6 is 0 Å². The van der Waals surface area contributed by atoms with Crippen molar-refractivity contribution < 1.29 is 18.9 Å². The highest BCUT2D eigenvalue weighted by molar-refractivity contribution is 5.92. The van der Waals surface area contributed by atoms with Crippen LogP contribution in [0.2, 0.25) is 0 Å². The van der Waals surface area contributed by atoms with Gasteiger partial charge in [0.05, 0.1) is 18.6 Å². The second-order valence-electron chi connectivity index (χ2n) is 11.8. The fourth-order valence-electron chi connectivity index (χ4n) is 6.91. The van der Waals surface area contributed by atoms with Crippen LogP contribution in [0.4, 0.5) is 0 Å². The summed E-state index contributed by atoms with van der Waals surface area (Å²) in [7, 11) is 0. The Kier molecular flexibility index (Phi) is 5.62. The largest absolute Gasteiger partial charge is 0.491 e. The van der Waals surface area contributed by atoms with Gasteiger partial charge in [-0.3, -0.25) is 0 Å². The van der Waals surface area contributed by atoms with E-state index in [9.17, 15) is 0 Å². The standard InChI is InChI=1S/C39H30O4/c1-3-7-36-34(5-1)35-6-2-4-8-37(35)39(36,29-13-9-27-21-31(15-11-25(27)19-29)41-23-33-24-42-33)30-14-10-28-22-32(16-12-26(28)20-30)43-38-17-18-40-38/h1-16,19-22,33,38H,17-18,23-24H2. The molecule has 6 aromatic rings. The van der Waals surface area contributed by atoms with E-state index in [0.717, 1.165) is 41.9 Å². The van der Waals surface area contributed by atoms with Crippen molar-refractivity contribution in [3.05, 3.63) is 144 Å². The number of rotatable bonds is 7. The van der Waals surface area contributed by atoms with Crippen molar-refractivity contribution in [2.75, 3.05) is 19.8 Å². The van der Waals surface area contributed by atoms with E-state index in [4.69, 9.17) is 18.9 Å². The molecular weight excluding hydrogens is 532 g/mol. The van der Waals surface area contributed by atoms with Crippen molar-refractivity contribution in [3.63, 3.8) is 0 Å². The number of fused-ring (bicyclic) bond motifs is 5. The Balaban J connectivity index is 1.22. The Morgan fingerprint density at radius 3 is 1.72 bits per heavy atom. The molecule has 3 aliphatic rings. The molecule has 1 aliphatic carbocycles. The SMILES string of the molecule is c1ccc2c(c1)-c1ccccc1C2(c1ccc2cc(OCC3CO3)ccc2c1)c1ccc2cc(OC3CCO3)ccc2c1. The second kappa shape index (κ2) is 9.70. The summed E-state index contributed by atoms with van der Waals surface area (Å²) in [6.07, 6.45) is 1.04. The van der Waals surface area contributed by atoms with E-state index < -0.39 is 5.41 Å². The molecule has 9 rings (SSSR count). The number of ether oxygens (including phenoxy) is 4. The minimum Gasteiger partial charge on any atom is -0.491 e. The van der Waals surface area contributed by atoms with Crippen LogP contribution in [0.3, 0.4) is 0 Å². The van der Waals surface area contributed by atoms with Gasteiger partial charge < -0.3 is 18.9 Å². The zero-order chi connectivity index (χ0) is 28.4. The lowest BCUT2D eigenvalue weighted by molar-refractivity contribution is -0.165. The highest BCUT2D eigenvalue weighted by Crippen LogP contribution is 2.56. The molecule has 4 heteroatoms. The fraction of sp³-hybridized carbons (Fsp3) is 0.179. The smallest absolute Gasteiger partial charge is 0.202 e. The first-order valence-corrected chi connectivity index (χ1v) is 15.1. The Morgan fingerprint density at radius 1 is 0.605 bits per heavy atom. The maximum atomic E-state index is 6.01. The van der Waals surface area contributed by atoms with Crippen LogP contribution in [-0.4, -0.2) is 32.2 Å². The first kappa shape index (κ1) is 24.9. The van der Waals surface area contributed by atoms with E-state index >= 15 is 0 Å². The van der Waals surface area contributed by atoms with E-state index in [2.05, 4.69) is 121 Å². The summed E-state index contributed by atoms with van der Waals surface area (Å²) >= 11 is 0. The van der Waals surface area contributed by atoms with Gasteiger partial charge in [-0.25, -0.2) is 0 Å². The van der Waals surface area contributed by atoms with Crippen LogP contribution in [0.25, 0.3) is 32.7 Å². The van der Waals surface area contributed by atoms with Gasteiger partial charge in [0.1, 0.15) is 24.2 Å². The average molecular weight is 563 g/mol. The minimum absolute atomic E-state index is 0.130. The maximum absolute atomic E-state index is 6.01. The highest BCUT2D eigenvalue weighted by Gasteiger charge is 2.46. The molecular formula is C39H30O4. The van der Waals surface area contributed by atoms with E-state index in [0.29, 0.717) is 6.61 Å². The number of benzene rings is 6. The van der Waals surface area contributed by atoms with Crippen molar-refractivity contribution >= 4 is 21.5 Å². The summed E-state index contributed by atoms with van der Waals surface area (Å²) in [5, 5.41) is 4.68. The van der Waals surface area contributed by atoms with E-state index in [1.165, 1.54) is 44.2 Å². The molecule has 210 valence electrons. The Bertz CT molecular complexity index is 1970. The molecule has 0 N–H and O–H groups in total. The average Bonchev–Trinajstić information content (AvgIpc) is 3.82. The predicted molar refractivity (Wildman–Crippen MR) is 169 cm³/mol. The summed E-state index contributed by atoms with van der Waals surface area (Å²) in [5.41, 5.74) is 7.21. The zero-order valence-electron chi connectivity index (χ0n) is 23.7. The Hall–Kier alpha value is -4.64. The maximum Gasteiger partial charge on any atom is 0.202 e. The summed E-state index contributed by atoms with van der Waals surface area (Å²) in [6.45, 7) is 2.16. The van der Waals surface area contributed by atoms with Gasteiger partial charge in [0.2, 0.25) is 6.29 Å². The number of epoxide rings is 1. The lowest BCUT2D eigenvalue weighted by Crippen LogP contribution is -2.32. The van der Waals surface area contributed by atoms with Gasteiger partial charge in [-0.15, -0.1) is 0 Å². The van der Waals surface area contributed by atoms with Crippen molar-refractivity contribution in [1.82, 2.24) is 0 Å². The van der Waals surface area contributed by atoms with E-state index in [1.54, 1.807) is 0 Å². The van der Waals surface area contributed by atoms with Gasteiger partial charge in [0, 0.05) is 6.42 Å². The van der Waals surface area contributed by atoms with Crippen molar-refractivity contribution in [2.45, 2.75) is 24.2 Å². The molecule has 0 spiro atoms. The molecule has 43 heavy (non-hydrogen) atoms. The molecule has 2 aliphatic heterocycles. The van der Waals surface area contributed by atoms with Gasteiger partial charge in [-0.05, 0) is 91.3 Å². The third-order valence-electron chi connectivity index (χ3n) is 9.20. The molecule has 2 heterocycles. The molecule has 0 radical (unpaired) electrons. The van der Waals surface area contributed by atoms with Crippen molar-refractivity contribution in [2.24, 2.45) is 0 Å². The number of hydrogen-bond acceptors (Lipinski definition) is 4. The molecule has 0 amide bonds. The van der Waals surface area contributed by atoms with Crippen LogP contribution in [0.15, 0.2) is 121 Å². The molecule has 2 unspecified atom stereocenters. The zero-order valence-corrected chi connectivity index (χ0v) is 23.7. The van der Waals surface area contributed by atoms with Gasteiger partial charge in [-0.2, -0.15) is 0 Å². The third-order valence-corrected chi connectivity index (χ3v) is 9.20. The summed E-state index contributed by atoms with van der Waals surface area (Å²) in [4.78, 5) is 0. The quantitative estimate of drug-likeness (QED) is 0.183. The lowest BCUT2D eigenvalue weighted by atomic mass is 9.67. The summed E-state index contributed by atoms with van der Waals surface area (Å²) in [6, 6.07) is 44.3. The fourth-order valence-corrected chi connectivity index (χ4v) is 6.91. The van der Waals surface area contributed by atoms with Gasteiger partial charge in [0.15, 0.2) is 0 Å². The third kappa shape index (κ3) is 4.05. The van der Waals surface area contributed by atoms with E-state index in [-0.39, 0.29) is 12.4 Å². The molecule has 2 saturated heterocycles. The normalized spacial score (nSPS) is 19.4.